The van der Waals surface area contributed by atoms with Gasteiger partial charge in [0.05, 0.1) is 11.5 Å². The Morgan fingerprint density at radius 2 is 2.00 bits per heavy atom. The largest absolute Gasteiger partial charge is 0.341 e. The number of hydrogen-bond acceptors (Lipinski definition) is 3. The highest BCUT2D eigenvalue weighted by atomic mass is 16.2. The van der Waals surface area contributed by atoms with Crippen molar-refractivity contribution in [3.63, 3.8) is 0 Å². The van der Waals surface area contributed by atoms with E-state index in [0.29, 0.717) is 13.0 Å². The highest BCUT2D eigenvalue weighted by Crippen LogP contribution is 2.52. The van der Waals surface area contributed by atoms with E-state index >= 15 is 0 Å². The fourth-order valence-electron chi connectivity index (χ4n) is 3.39. The lowest BCUT2D eigenvalue weighted by atomic mass is 9.55. The minimum absolute atomic E-state index is 0.0147. The lowest BCUT2D eigenvalue weighted by molar-refractivity contribution is -0.145. The predicted octanol–water partition coefficient (Wildman–Crippen LogP) is 1.53. The van der Waals surface area contributed by atoms with Crippen molar-refractivity contribution in [1.29, 1.82) is 5.26 Å². The Morgan fingerprint density at radius 3 is 2.56 bits per heavy atom. The van der Waals surface area contributed by atoms with Crippen molar-refractivity contribution in [3.8, 4) is 6.07 Å². The van der Waals surface area contributed by atoms with Gasteiger partial charge in [-0.25, -0.2) is 0 Å². The average molecular weight is 246 g/mol. The Morgan fingerprint density at radius 1 is 1.39 bits per heavy atom. The van der Waals surface area contributed by atoms with Crippen LogP contribution in [-0.4, -0.2) is 30.2 Å². The van der Waals surface area contributed by atoms with Crippen molar-refractivity contribution < 1.29 is 9.59 Å². The van der Waals surface area contributed by atoms with Crippen LogP contribution < -0.4 is 0 Å². The zero-order chi connectivity index (χ0) is 13.7. The topological polar surface area (TPSA) is 61.2 Å². The van der Waals surface area contributed by atoms with Crippen LogP contribution in [0.4, 0.5) is 0 Å². The SMILES string of the molecule is CN1CC=C2C(C)(C)C(=O)C(C#N)CC2(C)C1=O. The number of carbonyl (C=O) groups excluding carboxylic acids is 2. The van der Waals surface area contributed by atoms with Crippen LogP contribution in [-0.2, 0) is 9.59 Å². The molecule has 2 aliphatic rings. The summed E-state index contributed by atoms with van der Waals surface area (Å²) in [4.78, 5) is 26.3. The summed E-state index contributed by atoms with van der Waals surface area (Å²) in [6.45, 7) is 6.04. The highest BCUT2D eigenvalue weighted by Gasteiger charge is 2.56. The Labute approximate surface area is 107 Å². The number of ketones is 1. The van der Waals surface area contributed by atoms with Gasteiger partial charge >= 0.3 is 0 Å². The molecule has 0 N–H and O–H groups in total. The summed E-state index contributed by atoms with van der Waals surface area (Å²) in [5.74, 6) is -0.732. The summed E-state index contributed by atoms with van der Waals surface area (Å²) < 4.78 is 0. The van der Waals surface area contributed by atoms with Crippen LogP contribution >= 0.6 is 0 Å². The number of nitrogens with zero attached hydrogens (tertiary/aromatic N) is 2. The van der Waals surface area contributed by atoms with Gasteiger partial charge in [0, 0.05) is 19.0 Å². The van der Waals surface area contributed by atoms with Gasteiger partial charge in [0.25, 0.3) is 0 Å². The molecule has 1 aliphatic heterocycles. The molecule has 0 spiro atoms. The molecule has 1 saturated carbocycles. The minimum Gasteiger partial charge on any atom is -0.341 e. The van der Waals surface area contributed by atoms with Gasteiger partial charge in [0.1, 0.15) is 5.92 Å². The van der Waals surface area contributed by atoms with E-state index in [1.807, 2.05) is 26.8 Å². The smallest absolute Gasteiger partial charge is 0.232 e. The van der Waals surface area contributed by atoms with Gasteiger partial charge in [-0.15, -0.1) is 0 Å². The molecule has 2 atom stereocenters. The molecule has 1 aliphatic carbocycles. The Balaban J connectivity index is 2.59. The first-order chi connectivity index (χ1) is 8.25. The first kappa shape index (κ1) is 12.8. The van der Waals surface area contributed by atoms with Crippen molar-refractivity contribution in [2.75, 3.05) is 13.6 Å². The standard InChI is InChI=1S/C14H18N2O2/c1-13(2)10-5-6-16(4)12(18)14(10,3)7-9(8-15)11(13)17/h5,9H,6-7H2,1-4H3. The fraction of sp³-hybridized carbons (Fsp3) is 0.643. The third kappa shape index (κ3) is 1.43. The molecular weight excluding hydrogens is 228 g/mol. The second-order valence-electron chi connectivity index (χ2n) is 6.01. The molecule has 1 amide bonds. The molecule has 0 bridgehead atoms. The molecule has 0 radical (unpaired) electrons. The molecule has 1 fully saturated rings. The normalized spacial score (nSPS) is 34.7. The first-order valence-corrected chi connectivity index (χ1v) is 6.15. The number of rotatable bonds is 0. The van der Waals surface area contributed by atoms with E-state index < -0.39 is 16.7 Å². The number of likely N-dealkylation sites (N-methyl/N-ethyl adjacent to an activating group) is 1. The molecule has 2 unspecified atom stereocenters. The van der Waals surface area contributed by atoms with E-state index in [2.05, 4.69) is 6.07 Å². The van der Waals surface area contributed by atoms with Crippen molar-refractivity contribution in [2.45, 2.75) is 27.2 Å². The molecular formula is C14H18N2O2. The summed E-state index contributed by atoms with van der Waals surface area (Å²) in [7, 11) is 1.76. The summed E-state index contributed by atoms with van der Waals surface area (Å²) >= 11 is 0. The molecule has 4 nitrogen and oxygen atoms in total. The van der Waals surface area contributed by atoms with Crippen LogP contribution in [0.1, 0.15) is 27.2 Å². The van der Waals surface area contributed by atoms with Gasteiger partial charge in [-0.1, -0.05) is 6.08 Å². The summed E-state index contributed by atoms with van der Waals surface area (Å²) in [6.07, 6.45) is 2.29. The fourth-order valence-corrected chi connectivity index (χ4v) is 3.39. The molecule has 0 saturated heterocycles. The van der Waals surface area contributed by atoms with E-state index in [1.54, 1.807) is 11.9 Å². The Kier molecular flexibility index (Phi) is 2.62. The van der Waals surface area contributed by atoms with Crippen LogP contribution in [0.3, 0.4) is 0 Å². The minimum atomic E-state index is -0.718. The molecule has 0 aromatic carbocycles. The van der Waals surface area contributed by atoms with Crippen LogP contribution in [0, 0.1) is 28.1 Å². The number of nitriles is 1. The molecule has 0 aromatic heterocycles. The average Bonchev–Trinajstić information content (AvgIpc) is 2.31. The van der Waals surface area contributed by atoms with Crippen LogP contribution in [0.25, 0.3) is 0 Å². The lowest BCUT2D eigenvalue weighted by Gasteiger charge is -2.49. The predicted molar refractivity (Wildman–Crippen MR) is 66.3 cm³/mol. The molecule has 96 valence electrons. The van der Waals surface area contributed by atoms with Gasteiger partial charge in [0.2, 0.25) is 5.91 Å². The zero-order valence-electron chi connectivity index (χ0n) is 11.3. The first-order valence-electron chi connectivity index (χ1n) is 6.15. The van der Waals surface area contributed by atoms with E-state index in [4.69, 9.17) is 5.26 Å². The van der Waals surface area contributed by atoms with E-state index in [1.165, 1.54) is 0 Å². The highest BCUT2D eigenvalue weighted by molar-refractivity contribution is 5.98. The summed E-state index contributed by atoms with van der Waals surface area (Å²) in [5, 5.41) is 9.14. The second-order valence-corrected chi connectivity index (χ2v) is 6.01. The third-order valence-electron chi connectivity index (χ3n) is 4.36. The van der Waals surface area contributed by atoms with Crippen LogP contribution in [0.5, 0.6) is 0 Å². The molecule has 2 rings (SSSR count). The number of hydrogen-bond donors (Lipinski definition) is 0. The number of carbonyl (C=O) groups is 2. The maximum Gasteiger partial charge on any atom is 0.232 e. The number of Topliss-reactive ketones (excluding diaryl/α,β-unsaturated/α-hetero) is 1. The third-order valence-corrected chi connectivity index (χ3v) is 4.36. The lowest BCUT2D eigenvalue weighted by Crippen LogP contribution is -2.55. The van der Waals surface area contributed by atoms with Gasteiger partial charge in [-0.3, -0.25) is 9.59 Å². The summed E-state index contributed by atoms with van der Waals surface area (Å²) in [5.41, 5.74) is -0.538. The van der Waals surface area contributed by atoms with Crippen molar-refractivity contribution in [2.24, 2.45) is 16.7 Å². The van der Waals surface area contributed by atoms with E-state index in [-0.39, 0.29) is 11.7 Å². The van der Waals surface area contributed by atoms with Gasteiger partial charge in [0.15, 0.2) is 5.78 Å². The van der Waals surface area contributed by atoms with Gasteiger partial charge in [-0.05, 0) is 32.8 Å². The van der Waals surface area contributed by atoms with Crippen molar-refractivity contribution in [3.05, 3.63) is 11.6 Å². The zero-order valence-corrected chi connectivity index (χ0v) is 11.3. The molecule has 4 heteroatoms. The van der Waals surface area contributed by atoms with Crippen molar-refractivity contribution >= 4 is 11.7 Å². The molecule has 18 heavy (non-hydrogen) atoms. The molecule has 0 aromatic rings. The van der Waals surface area contributed by atoms with Crippen LogP contribution in [0.2, 0.25) is 0 Å². The number of amides is 1. The van der Waals surface area contributed by atoms with E-state index in [9.17, 15) is 9.59 Å². The molecule has 1 heterocycles. The second kappa shape index (κ2) is 3.68. The maximum absolute atomic E-state index is 12.4. The number of fused-ring (bicyclic) bond motifs is 1. The quantitative estimate of drug-likeness (QED) is 0.609. The van der Waals surface area contributed by atoms with E-state index in [0.717, 1.165) is 5.57 Å². The van der Waals surface area contributed by atoms with Crippen molar-refractivity contribution in [1.82, 2.24) is 4.90 Å². The maximum atomic E-state index is 12.4. The van der Waals surface area contributed by atoms with Crippen LogP contribution in [0.15, 0.2) is 11.6 Å². The Bertz CT molecular complexity index is 498. The van der Waals surface area contributed by atoms with Gasteiger partial charge in [-0.2, -0.15) is 5.26 Å². The summed E-state index contributed by atoms with van der Waals surface area (Å²) in [6, 6.07) is 2.06. The Hall–Kier alpha value is -1.63. The monoisotopic (exact) mass is 246 g/mol. The van der Waals surface area contributed by atoms with Gasteiger partial charge < -0.3 is 4.90 Å².